The summed E-state index contributed by atoms with van der Waals surface area (Å²) in [5, 5.41) is 4.46. The smallest absolute Gasteiger partial charge is 0.274 e. The van der Waals surface area contributed by atoms with Crippen LogP contribution in [0.2, 0.25) is 0 Å². The van der Waals surface area contributed by atoms with Gasteiger partial charge in [0.05, 0.1) is 5.69 Å². The molecular weight excluding hydrogens is 399 g/mol. The van der Waals surface area contributed by atoms with Gasteiger partial charge in [0.2, 0.25) is 5.91 Å². The van der Waals surface area contributed by atoms with Crippen molar-refractivity contribution in [2.75, 3.05) is 17.4 Å². The van der Waals surface area contributed by atoms with Crippen molar-refractivity contribution in [3.8, 4) is 0 Å². The SMILES string of the molecule is O=C(CN(c1ccc(F)cc1)S(=O)(=O)c1cccs1)NCCC1=CCCCC1. The summed E-state index contributed by atoms with van der Waals surface area (Å²) in [6.45, 7) is 0.117. The van der Waals surface area contributed by atoms with E-state index in [4.69, 9.17) is 0 Å². The van der Waals surface area contributed by atoms with Gasteiger partial charge in [0.15, 0.2) is 0 Å². The molecule has 1 aliphatic rings. The van der Waals surface area contributed by atoms with Crippen LogP contribution in [0.3, 0.4) is 0 Å². The second kappa shape index (κ2) is 9.34. The van der Waals surface area contributed by atoms with Crippen LogP contribution in [-0.2, 0) is 14.8 Å². The maximum Gasteiger partial charge on any atom is 0.274 e. The summed E-state index contributed by atoms with van der Waals surface area (Å²) < 4.78 is 40.4. The summed E-state index contributed by atoms with van der Waals surface area (Å²) >= 11 is 1.08. The highest BCUT2D eigenvalue weighted by molar-refractivity contribution is 7.94. The van der Waals surface area contributed by atoms with E-state index in [0.717, 1.165) is 34.9 Å². The largest absolute Gasteiger partial charge is 0.354 e. The minimum atomic E-state index is -3.91. The van der Waals surface area contributed by atoms with E-state index in [1.807, 2.05) is 0 Å². The summed E-state index contributed by atoms with van der Waals surface area (Å²) in [6.07, 6.45) is 7.53. The third kappa shape index (κ3) is 5.20. The zero-order chi connectivity index (χ0) is 20.0. The van der Waals surface area contributed by atoms with E-state index < -0.39 is 15.8 Å². The normalized spacial score (nSPS) is 14.4. The highest BCUT2D eigenvalue weighted by Crippen LogP contribution is 2.26. The monoisotopic (exact) mass is 422 g/mol. The van der Waals surface area contributed by atoms with Gasteiger partial charge >= 0.3 is 0 Å². The van der Waals surface area contributed by atoms with E-state index in [0.29, 0.717) is 6.54 Å². The Morgan fingerprint density at radius 1 is 1.18 bits per heavy atom. The Bertz CT molecular complexity index is 923. The summed E-state index contributed by atoms with van der Waals surface area (Å²) in [7, 11) is -3.91. The lowest BCUT2D eigenvalue weighted by Gasteiger charge is -2.23. The van der Waals surface area contributed by atoms with Crippen molar-refractivity contribution < 1.29 is 17.6 Å². The maximum absolute atomic E-state index is 13.3. The Kier molecular flexibility index (Phi) is 6.85. The van der Waals surface area contributed by atoms with Crippen molar-refractivity contribution in [3.05, 3.63) is 59.2 Å². The molecule has 1 aromatic heterocycles. The number of allylic oxidation sites excluding steroid dienone is 1. The maximum atomic E-state index is 13.3. The van der Waals surface area contributed by atoms with Gasteiger partial charge in [-0.1, -0.05) is 17.7 Å². The van der Waals surface area contributed by atoms with Crippen LogP contribution >= 0.6 is 11.3 Å². The van der Waals surface area contributed by atoms with Crippen LogP contribution in [0.15, 0.2) is 57.6 Å². The number of benzene rings is 1. The first-order chi connectivity index (χ1) is 13.5. The lowest BCUT2D eigenvalue weighted by molar-refractivity contribution is -0.119. The Hall–Kier alpha value is -2.19. The fourth-order valence-corrected chi connectivity index (χ4v) is 5.65. The average Bonchev–Trinajstić information content (AvgIpc) is 3.23. The van der Waals surface area contributed by atoms with Gasteiger partial charge < -0.3 is 5.32 Å². The molecular formula is C20H23FN2O3S2. The molecule has 2 aromatic rings. The molecule has 0 spiro atoms. The molecule has 1 amide bonds. The highest BCUT2D eigenvalue weighted by atomic mass is 32.2. The fraction of sp³-hybridized carbons (Fsp3) is 0.350. The third-order valence-corrected chi connectivity index (χ3v) is 7.74. The molecule has 8 heteroatoms. The van der Waals surface area contributed by atoms with Crippen LogP contribution in [0, 0.1) is 5.82 Å². The van der Waals surface area contributed by atoms with E-state index in [-0.39, 0.29) is 22.3 Å². The summed E-state index contributed by atoms with van der Waals surface area (Å²) in [4.78, 5) is 12.4. The number of sulfonamides is 1. The number of carbonyl (C=O) groups excluding carboxylic acids is 1. The molecule has 1 N–H and O–H groups in total. The van der Waals surface area contributed by atoms with Crippen LogP contribution < -0.4 is 9.62 Å². The first kappa shape index (κ1) is 20.5. The minimum Gasteiger partial charge on any atom is -0.354 e. The first-order valence-electron chi connectivity index (χ1n) is 9.23. The summed E-state index contributed by atoms with van der Waals surface area (Å²) in [5.74, 6) is -0.858. The van der Waals surface area contributed by atoms with Crippen LogP contribution in [-0.4, -0.2) is 27.4 Å². The van der Waals surface area contributed by atoms with Gasteiger partial charge in [-0.25, -0.2) is 12.8 Å². The van der Waals surface area contributed by atoms with Gasteiger partial charge in [-0.05, 0) is 67.8 Å². The Labute approximate surface area is 168 Å². The Morgan fingerprint density at radius 3 is 2.61 bits per heavy atom. The molecule has 0 atom stereocenters. The zero-order valence-electron chi connectivity index (χ0n) is 15.4. The molecule has 0 bridgehead atoms. The molecule has 0 saturated heterocycles. The van der Waals surface area contributed by atoms with Gasteiger partial charge in [0.1, 0.15) is 16.6 Å². The third-order valence-electron chi connectivity index (χ3n) is 4.59. The highest BCUT2D eigenvalue weighted by Gasteiger charge is 2.28. The second-order valence-corrected chi connectivity index (χ2v) is 9.67. The molecule has 150 valence electrons. The molecule has 0 radical (unpaired) electrons. The number of rotatable bonds is 8. The van der Waals surface area contributed by atoms with Gasteiger partial charge in [-0.15, -0.1) is 11.3 Å². The quantitative estimate of drug-likeness (QED) is 0.652. The Morgan fingerprint density at radius 2 is 1.96 bits per heavy atom. The Balaban J connectivity index is 1.71. The molecule has 0 aliphatic heterocycles. The number of hydrogen-bond donors (Lipinski definition) is 1. The van der Waals surface area contributed by atoms with Gasteiger partial charge in [-0.3, -0.25) is 9.10 Å². The minimum absolute atomic E-state index is 0.136. The number of hydrogen-bond acceptors (Lipinski definition) is 4. The number of halogens is 1. The number of amides is 1. The molecule has 0 saturated carbocycles. The van der Waals surface area contributed by atoms with Gasteiger partial charge in [-0.2, -0.15) is 0 Å². The molecule has 1 aromatic carbocycles. The molecule has 1 aliphatic carbocycles. The van der Waals surface area contributed by atoms with E-state index >= 15 is 0 Å². The number of thiophene rings is 1. The predicted molar refractivity (Wildman–Crippen MR) is 109 cm³/mol. The van der Waals surface area contributed by atoms with E-state index in [1.54, 1.807) is 11.4 Å². The van der Waals surface area contributed by atoms with Crippen molar-refractivity contribution in [1.29, 1.82) is 0 Å². The molecule has 0 fully saturated rings. The average molecular weight is 423 g/mol. The number of nitrogens with zero attached hydrogens (tertiary/aromatic N) is 1. The molecule has 5 nitrogen and oxygen atoms in total. The van der Waals surface area contributed by atoms with Crippen LogP contribution in [0.4, 0.5) is 10.1 Å². The zero-order valence-corrected chi connectivity index (χ0v) is 17.1. The first-order valence-corrected chi connectivity index (χ1v) is 11.6. The van der Waals surface area contributed by atoms with Crippen molar-refractivity contribution in [2.24, 2.45) is 0 Å². The van der Waals surface area contributed by atoms with Gasteiger partial charge in [0.25, 0.3) is 10.0 Å². The molecule has 1 heterocycles. The van der Waals surface area contributed by atoms with E-state index in [1.165, 1.54) is 48.7 Å². The van der Waals surface area contributed by atoms with Crippen LogP contribution in [0.25, 0.3) is 0 Å². The molecule has 3 rings (SSSR count). The molecule has 28 heavy (non-hydrogen) atoms. The second-order valence-electron chi connectivity index (χ2n) is 6.63. The van der Waals surface area contributed by atoms with E-state index in [2.05, 4.69) is 11.4 Å². The van der Waals surface area contributed by atoms with Crippen LogP contribution in [0.5, 0.6) is 0 Å². The van der Waals surface area contributed by atoms with Crippen molar-refractivity contribution in [1.82, 2.24) is 5.32 Å². The fourth-order valence-electron chi connectivity index (χ4n) is 3.12. The van der Waals surface area contributed by atoms with Crippen molar-refractivity contribution in [2.45, 2.75) is 36.3 Å². The lowest BCUT2D eigenvalue weighted by atomic mass is 9.97. The predicted octanol–water partition coefficient (Wildman–Crippen LogP) is 4.09. The topological polar surface area (TPSA) is 66.5 Å². The van der Waals surface area contributed by atoms with E-state index in [9.17, 15) is 17.6 Å². The standard InChI is InChI=1S/C20H23FN2O3S2/c21-17-8-10-18(11-9-17)23(28(25,26)20-7-4-14-27-20)15-19(24)22-13-12-16-5-2-1-3-6-16/h4-5,7-11,14H,1-3,6,12-13,15H2,(H,22,24). The van der Waals surface area contributed by atoms with Gasteiger partial charge in [0, 0.05) is 6.54 Å². The van der Waals surface area contributed by atoms with Crippen molar-refractivity contribution >= 4 is 33.0 Å². The summed E-state index contributed by atoms with van der Waals surface area (Å²) in [5.41, 5.74) is 1.59. The number of nitrogens with one attached hydrogen (secondary N) is 1. The lowest BCUT2D eigenvalue weighted by Crippen LogP contribution is -2.41. The van der Waals surface area contributed by atoms with Crippen LogP contribution in [0.1, 0.15) is 32.1 Å². The van der Waals surface area contributed by atoms with Crippen molar-refractivity contribution in [3.63, 3.8) is 0 Å². The molecule has 0 unspecified atom stereocenters. The number of anilines is 1. The summed E-state index contributed by atoms with van der Waals surface area (Å²) in [6, 6.07) is 8.21. The number of carbonyl (C=O) groups is 1.